The van der Waals surface area contributed by atoms with Crippen LogP contribution in [0.25, 0.3) is 23.1 Å². The van der Waals surface area contributed by atoms with Gasteiger partial charge >= 0.3 is 6.18 Å². The van der Waals surface area contributed by atoms with Crippen molar-refractivity contribution in [1.82, 2.24) is 15.5 Å². The van der Waals surface area contributed by atoms with Crippen LogP contribution in [0.4, 0.5) is 17.6 Å². The third kappa shape index (κ3) is 4.78. The molecule has 1 aromatic heterocycles. The highest BCUT2D eigenvalue weighted by molar-refractivity contribution is 6.05. The molecule has 0 unspecified atom stereocenters. The van der Waals surface area contributed by atoms with E-state index in [0.717, 1.165) is 11.6 Å². The number of hydrogen-bond donors (Lipinski definition) is 2. The Morgan fingerprint density at radius 1 is 1.06 bits per heavy atom. The zero-order chi connectivity index (χ0) is 24.3. The molecule has 174 valence electrons. The Labute approximate surface area is 192 Å². The van der Waals surface area contributed by atoms with Gasteiger partial charge < -0.3 is 10.1 Å². The maximum atomic E-state index is 13.2. The van der Waals surface area contributed by atoms with Crippen LogP contribution in [0.15, 0.2) is 60.7 Å². The van der Waals surface area contributed by atoms with Crippen LogP contribution < -0.4 is 10.1 Å². The summed E-state index contributed by atoms with van der Waals surface area (Å²) in [4.78, 5) is 12.9. The van der Waals surface area contributed by atoms with Gasteiger partial charge in [0.1, 0.15) is 11.6 Å². The molecular formula is C25H19F4N3O2. The first-order valence-electron chi connectivity index (χ1n) is 10.2. The van der Waals surface area contributed by atoms with Gasteiger partial charge in [-0.05, 0) is 47.5 Å². The van der Waals surface area contributed by atoms with Gasteiger partial charge in [0.25, 0.3) is 5.91 Å². The number of H-pyrrole nitrogens is 1. The van der Waals surface area contributed by atoms with Crippen molar-refractivity contribution in [2.75, 3.05) is 7.11 Å². The van der Waals surface area contributed by atoms with E-state index < -0.39 is 17.6 Å². The zero-order valence-electron chi connectivity index (χ0n) is 17.9. The molecule has 0 spiro atoms. The second-order valence-electron chi connectivity index (χ2n) is 7.40. The zero-order valence-corrected chi connectivity index (χ0v) is 17.9. The Hall–Kier alpha value is -4.14. The van der Waals surface area contributed by atoms with Crippen LogP contribution in [0.1, 0.15) is 32.7 Å². The van der Waals surface area contributed by atoms with E-state index in [1.54, 1.807) is 30.4 Å². The van der Waals surface area contributed by atoms with Crippen molar-refractivity contribution < 1.29 is 27.1 Å². The number of hydrogen-bond acceptors (Lipinski definition) is 3. The topological polar surface area (TPSA) is 67.0 Å². The number of nitrogens with zero attached hydrogens (tertiary/aromatic N) is 1. The highest BCUT2D eigenvalue weighted by Gasteiger charge is 2.33. The summed E-state index contributed by atoms with van der Waals surface area (Å²) in [6, 6.07) is 14.1. The monoisotopic (exact) mass is 469 g/mol. The number of alkyl halides is 3. The second kappa shape index (κ2) is 9.38. The molecule has 9 heteroatoms. The Balaban J connectivity index is 1.63. The average Bonchev–Trinajstić information content (AvgIpc) is 3.24. The SMILES string of the molecule is COc1c(C(=O)NCc2ccccc2C(F)(F)F)ccc2[nH]nc(C=Cc3ccc(F)cc3)c12. The van der Waals surface area contributed by atoms with Crippen LogP contribution in [0.5, 0.6) is 5.75 Å². The Morgan fingerprint density at radius 2 is 1.79 bits per heavy atom. The molecule has 1 amide bonds. The fourth-order valence-electron chi connectivity index (χ4n) is 3.59. The lowest BCUT2D eigenvalue weighted by atomic mass is 10.1. The number of methoxy groups -OCH3 is 1. The summed E-state index contributed by atoms with van der Waals surface area (Å²) in [6.45, 7) is -0.307. The molecule has 0 saturated heterocycles. The fraction of sp³-hybridized carbons (Fsp3) is 0.120. The average molecular weight is 469 g/mol. The van der Waals surface area contributed by atoms with Crippen LogP contribution in [0.2, 0.25) is 0 Å². The van der Waals surface area contributed by atoms with Crippen molar-refractivity contribution in [3.63, 3.8) is 0 Å². The lowest BCUT2D eigenvalue weighted by Gasteiger charge is -2.14. The summed E-state index contributed by atoms with van der Waals surface area (Å²) >= 11 is 0. The molecule has 0 atom stereocenters. The summed E-state index contributed by atoms with van der Waals surface area (Å²) in [5, 5.41) is 10.2. The molecule has 0 radical (unpaired) electrons. The van der Waals surface area contributed by atoms with Crippen molar-refractivity contribution in [3.8, 4) is 5.75 Å². The van der Waals surface area contributed by atoms with Gasteiger partial charge in [0.2, 0.25) is 0 Å². The second-order valence-corrected chi connectivity index (χ2v) is 7.40. The number of amides is 1. The predicted molar refractivity (Wildman–Crippen MR) is 121 cm³/mol. The number of carbonyl (C=O) groups is 1. The van der Waals surface area contributed by atoms with Gasteiger partial charge in [-0.1, -0.05) is 36.4 Å². The lowest BCUT2D eigenvalue weighted by molar-refractivity contribution is -0.138. The molecule has 5 nitrogen and oxygen atoms in total. The Bertz CT molecular complexity index is 1360. The number of benzene rings is 3. The third-order valence-corrected chi connectivity index (χ3v) is 5.23. The maximum absolute atomic E-state index is 13.2. The molecule has 3 aromatic carbocycles. The minimum atomic E-state index is -4.53. The predicted octanol–water partition coefficient (Wildman–Crippen LogP) is 5.83. The van der Waals surface area contributed by atoms with E-state index in [1.807, 2.05) is 0 Å². The van der Waals surface area contributed by atoms with Crippen molar-refractivity contribution in [2.45, 2.75) is 12.7 Å². The van der Waals surface area contributed by atoms with Crippen molar-refractivity contribution in [1.29, 1.82) is 0 Å². The first-order valence-corrected chi connectivity index (χ1v) is 10.2. The molecule has 1 heterocycles. The molecule has 0 bridgehead atoms. The third-order valence-electron chi connectivity index (χ3n) is 5.23. The standard InChI is InChI=1S/C25H19F4N3O2/c1-34-23-18(24(33)30-14-16-4-2-3-5-19(16)25(27,28)29)11-13-21-22(23)20(31-32-21)12-8-15-6-9-17(26)10-7-15/h2-13H,14H2,1H3,(H,30,33)(H,31,32). The number of aromatic amines is 1. The van der Waals surface area contributed by atoms with E-state index in [1.165, 1.54) is 43.5 Å². The molecule has 2 N–H and O–H groups in total. The van der Waals surface area contributed by atoms with Gasteiger partial charge in [0, 0.05) is 6.54 Å². The highest BCUT2D eigenvalue weighted by atomic mass is 19.4. The number of aromatic nitrogens is 2. The molecule has 0 aliphatic rings. The van der Waals surface area contributed by atoms with Gasteiger partial charge in [-0.15, -0.1) is 0 Å². The number of carbonyl (C=O) groups excluding carboxylic acids is 1. The van der Waals surface area contributed by atoms with E-state index in [2.05, 4.69) is 15.5 Å². The molecular weight excluding hydrogens is 450 g/mol. The largest absolute Gasteiger partial charge is 0.495 e. The molecule has 4 rings (SSSR count). The van der Waals surface area contributed by atoms with Crippen molar-refractivity contribution in [3.05, 3.63) is 94.4 Å². The van der Waals surface area contributed by atoms with E-state index in [4.69, 9.17) is 4.74 Å². The number of fused-ring (bicyclic) bond motifs is 1. The van der Waals surface area contributed by atoms with Crippen LogP contribution in [0, 0.1) is 5.82 Å². The van der Waals surface area contributed by atoms with Crippen LogP contribution >= 0.6 is 0 Å². The van der Waals surface area contributed by atoms with Gasteiger partial charge in [-0.3, -0.25) is 9.89 Å². The normalized spacial score (nSPS) is 11.8. The highest BCUT2D eigenvalue weighted by Crippen LogP contribution is 2.33. The smallest absolute Gasteiger partial charge is 0.416 e. The minimum Gasteiger partial charge on any atom is -0.495 e. The van der Waals surface area contributed by atoms with E-state index in [9.17, 15) is 22.4 Å². The summed E-state index contributed by atoms with van der Waals surface area (Å²) in [6.07, 6.45) is -1.11. The minimum absolute atomic E-state index is 0.0466. The lowest BCUT2D eigenvalue weighted by Crippen LogP contribution is -2.25. The molecule has 0 aliphatic carbocycles. The quantitative estimate of drug-likeness (QED) is 0.349. The Kier molecular flexibility index (Phi) is 6.36. The van der Waals surface area contributed by atoms with Crippen LogP contribution in [-0.4, -0.2) is 23.2 Å². The summed E-state index contributed by atoms with van der Waals surface area (Å²) in [5.74, 6) is -0.713. The van der Waals surface area contributed by atoms with Gasteiger partial charge in [0.05, 0.1) is 34.8 Å². The van der Waals surface area contributed by atoms with E-state index in [0.29, 0.717) is 16.6 Å². The van der Waals surface area contributed by atoms with Gasteiger partial charge in [0.15, 0.2) is 0 Å². The van der Waals surface area contributed by atoms with Gasteiger partial charge in [-0.25, -0.2) is 4.39 Å². The first-order chi connectivity index (χ1) is 16.3. The molecule has 0 fully saturated rings. The number of rotatable bonds is 6. The molecule has 34 heavy (non-hydrogen) atoms. The van der Waals surface area contributed by atoms with E-state index >= 15 is 0 Å². The van der Waals surface area contributed by atoms with Crippen LogP contribution in [0.3, 0.4) is 0 Å². The summed E-state index contributed by atoms with van der Waals surface area (Å²) in [7, 11) is 1.39. The molecule has 4 aromatic rings. The van der Waals surface area contributed by atoms with E-state index in [-0.39, 0.29) is 29.2 Å². The summed E-state index contributed by atoms with van der Waals surface area (Å²) in [5.41, 5.74) is 1.13. The number of ether oxygens (including phenoxy) is 1. The van der Waals surface area contributed by atoms with Crippen molar-refractivity contribution in [2.24, 2.45) is 0 Å². The van der Waals surface area contributed by atoms with Crippen molar-refractivity contribution >= 4 is 29.0 Å². The molecule has 0 saturated carbocycles. The number of halogens is 4. The number of nitrogens with one attached hydrogen (secondary N) is 2. The van der Waals surface area contributed by atoms with Crippen LogP contribution in [-0.2, 0) is 12.7 Å². The fourth-order valence-corrected chi connectivity index (χ4v) is 3.59. The Morgan fingerprint density at radius 3 is 2.50 bits per heavy atom. The molecule has 0 aliphatic heterocycles. The first kappa shape index (κ1) is 23.0. The maximum Gasteiger partial charge on any atom is 0.416 e. The van der Waals surface area contributed by atoms with Gasteiger partial charge in [-0.2, -0.15) is 18.3 Å². The summed E-state index contributed by atoms with van der Waals surface area (Å²) < 4.78 is 58.4.